The van der Waals surface area contributed by atoms with Gasteiger partial charge in [-0.2, -0.15) is 0 Å². The normalized spacial score (nSPS) is 13.7. The highest BCUT2D eigenvalue weighted by Gasteiger charge is 2.30. The summed E-state index contributed by atoms with van der Waals surface area (Å²) in [7, 11) is 0. The van der Waals surface area contributed by atoms with Gasteiger partial charge in [0, 0.05) is 55.4 Å². The van der Waals surface area contributed by atoms with Crippen LogP contribution >= 0.6 is 0 Å². The minimum Gasteiger partial charge on any atom is -0.448 e. The van der Waals surface area contributed by atoms with Crippen molar-refractivity contribution in [2.45, 2.75) is 27.7 Å². The molecule has 0 saturated carbocycles. The zero-order valence-corrected chi connectivity index (χ0v) is 22.4. The number of anilines is 1. The van der Waals surface area contributed by atoms with Crippen LogP contribution < -0.4 is 16.4 Å². The third kappa shape index (κ3) is 6.66. The Morgan fingerprint density at radius 3 is 2.58 bits per heavy atom. The molecule has 1 aromatic heterocycles. The predicted octanol–water partition coefficient (Wildman–Crippen LogP) is 2.73. The van der Waals surface area contributed by atoms with Gasteiger partial charge in [0.2, 0.25) is 0 Å². The van der Waals surface area contributed by atoms with E-state index in [-0.39, 0.29) is 24.6 Å². The monoisotopic (exact) mass is 528 g/mol. The van der Waals surface area contributed by atoms with Gasteiger partial charge in [0.15, 0.2) is 0 Å². The number of aromatic amines is 1. The van der Waals surface area contributed by atoms with Gasteiger partial charge in [0.25, 0.3) is 11.8 Å². The van der Waals surface area contributed by atoms with Crippen LogP contribution in [0.15, 0.2) is 18.2 Å². The number of nitrogens with two attached hydrogens (primary N) is 1. The average Bonchev–Trinajstić information content (AvgIpc) is 3.35. The molecule has 1 aromatic carbocycles. The summed E-state index contributed by atoms with van der Waals surface area (Å²) < 4.78 is 19.3. The van der Waals surface area contributed by atoms with E-state index in [2.05, 4.69) is 20.5 Å². The van der Waals surface area contributed by atoms with Crippen molar-refractivity contribution in [2.24, 2.45) is 5.73 Å². The Labute approximate surface area is 222 Å². The number of ether oxygens (including phenoxy) is 1. The number of H-pyrrole nitrogens is 1. The first-order chi connectivity index (χ1) is 18.2. The summed E-state index contributed by atoms with van der Waals surface area (Å²) in [5.74, 6) is -1.31. The Balaban J connectivity index is 1.89. The number of likely N-dealkylation sites (N-methyl/N-ethyl adjacent to an activating group) is 1. The molecule has 2 aromatic rings. The van der Waals surface area contributed by atoms with Crippen molar-refractivity contribution in [3.05, 3.63) is 52.1 Å². The van der Waals surface area contributed by atoms with E-state index in [9.17, 15) is 18.8 Å². The second-order valence-corrected chi connectivity index (χ2v) is 9.00. The van der Waals surface area contributed by atoms with Crippen LogP contribution in [-0.2, 0) is 9.53 Å². The topological polar surface area (TPSA) is 133 Å². The van der Waals surface area contributed by atoms with Crippen LogP contribution in [0.4, 0.5) is 14.9 Å². The smallest absolute Gasteiger partial charge is 0.416 e. The number of amides is 3. The highest BCUT2D eigenvalue weighted by atomic mass is 19.1. The number of hydrogen-bond donors (Lipinski definition) is 4. The molecule has 1 aliphatic rings. The van der Waals surface area contributed by atoms with E-state index in [0.717, 1.165) is 18.0 Å². The maximum Gasteiger partial charge on any atom is 0.416 e. The van der Waals surface area contributed by atoms with E-state index in [1.807, 2.05) is 13.8 Å². The van der Waals surface area contributed by atoms with E-state index >= 15 is 0 Å². The van der Waals surface area contributed by atoms with Gasteiger partial charge < -0.3 is 31.0 Å². The van der Waals surface area contributed by atoms with Crippen LogP contribution in [0.5, 0.6) is 0 Å². The lowest BCUT2D eigenvalue weighted by Crippen LogP contribution is -2.43. The molecule has 0 bridgehead atoms. The molecule has 0 unspecified atom stereocenters. The van der Waals surface area contributed by atoms with Crippen LogP contribution in [0.2, 0.25) is 0 Å². The molecule has 0 spiro atoms. The standard InChI is InChI=1S/C27H37FN6O4/c1-5-33(6-2)12-13-34(27(37)38-14-11-30-10-9-29)26(36)24-17(3)23(31-18(24)4)16-21-20-15-19(28)7-8-22(20)32-25(21)35/h7-8,15-16,30-31H,5-6,9-14,29H2,1-4H3,(H,32,35)/b21-16-. The summed E-state index contributed by atoms with van der Waals surface area (Å²) in [5.41, 5.74) is 8.68. The molecule has 2 heterocycles. The molecular weight excluding hydrogens is 491 g/mol. The van der Waals surface area contributed by atoms with E-state index in [0.29, 0.717) is 59.9 Å². The van der Waals surface area contributed by atoms with Crippen molar-refractivity contribution >= 4 is 35.2 Å². The number of rotatable bonds is 12. The number of carbonyl (C=O) groups excluding carboxylic acids is 3. The molecule has 10 nitrogen and oxygen atoms in total. The van der Waals surface area contributed by atoms with Crippen LogP contribution in [0, 0.1) is 19.7 Å². The number of halogens is 1. The van der Waals surface area contributed by atoms with Crippen LogP contribution in [-0.4, -0.2) is 85.1 Å². The predicted molar refractivity (Wildman–Crippen MR) is 145 cm³/mol. The van der Waals surface area contributed by atoms with Gasteiger partial charge in [0.1, 0.15) is 12.4 Å². The first-order valence-electron chi connectivity index (χ1n) is 12.9. The summed E-state index contributed by atoms with van der Waals surface area (Å²) in [6, 6.07) is 4.09. The fourth-order valence-corrected chi connectivity index (χ4v) is 4.39. The van der Waals surface area contributed by atoms with E-state index in [1.54, 1.807) is 19.9 Å². The number of imide groups is 1. The van der Waals surface area contributed by atoms with Crippen LogP contribution in [0.1, 0.15) is 46.7 Å². The summed E-state index contributed by atoms with van der Waals surface area (Å²) in [6.45, 7) is 11.3. The summed E-state index contributed by atoms with van der Waals surface area (Å²) in [5, 5.41) is 5.77. The van der Waals surface area contributed by atoms with Crippen molar-refractivity contribution in [1.29, 1.82) is 0 Å². The van der Waals surface area contributed by atoms with E-state index < -0.39 is 17.8 Å². The number of hydrogen-bond acceptors (Lipinski definition) is 7. The number of nitrogens with zero attached hydrogens (tertiary/aromatic N) is 2. The van der Waals surface area contributed by atoms with E-state index in [4.69, 9.17) is 10.5 Å². The first-order valence-corrected chi connectivity index (χ1v) is 12.9. The molecule has 0 atom stereocenters. The van der Waals surface area contributed by atoms with Crippen molar-refractivity contribution in [3.8, 4) is 0 Å². The number of aryl methyl sites for hydroxylation is 1. The first kappa shape index (κ1) is 29.0. The summed E-state index contributed by atoms with van der Waals surface area (Å²) >= 11 is 0. The second kappa shape index (κ2) is 13.3. The van der Waals surface area contributed by atoms with Crippen molar-refractivity contribution in [3.63, 3.8) is 0 Å². The number of carbonyl (C=O) groups is 3. The van der Waals surface area contributed by atoms with Gasteiger partial charge in [-0.05, 0) is 56.8 Å². The average molecular weight is 529 g/mol. The number of benzene rings is 1. The van der Waals surface area contributed by atoms with Crippen molar-refractivity contribution < 1.29 is 23.5 Å². The number of aromatic nitrogens is 1. The quantitative estimate of drug-likeness (QED) is 0.246. The fraction of sp³-hybridized carbons (Fsp3) is 0.444. The molecule has 3 amide bonds. The van der Waals surface area contributed by atoms with Gasteiger partial charge >= 0.3 is 6.09 Å². The number of nitrogens with one attached hydrogen (secondary N) is 3. The molecule has 1 aliphatic heterocycles. The molecule has 5 N–H and O–H groups in total. The molecule has 3 rings (SSSR count). The fourth-order valence-electron chi connectivity index (χ4n) is 4.39. The molecule has 0 aliphatic carbocycles. The molecular formula is C27H37FN6O4. The zero-order chi connectivity index (χ0) is 27.8. The Hall–Kier alpha value is -3.54. The molecule has 38 heavy (non-hydrogen) atoms. The Kier molecular flexibility index (Phi) is 10.2. The molecule has 0 fully saturated rings. The summed E-state index contributed by atoms with van der Waals surface area (Å²) in [6.07, 6.45) is 0.873. The minimum atomic E-state index is -0.726. The number of fused-ring (bicyclic) bond motifs is 1. The Morgan fingerprint density at radius 2 is 1.89 bits per heavy atom. The van der Waals surface area contributed by atoms with Gasteiger partial charge in [-0.25, -0.2) is 14.1 Å². The van der Waals surface area contributed by atoms with Gasteiger partial charge in [-0.15, -0.1) is 0 Å². The molecule has 11 heteroatoms. The maximum absolute atomic E-state index is 13.9. The Morgan fingerprint density at radius 1 is 1.16 bits per heavy atom. The lowest BCUT2D eigenvalue weighted by Gasteiger charge is -2.25. The Bertz CT molecular complexity index is 1200. The third-order valence-electron chi connectivity index (χ3n) is 6.57. The third-order valence-corrected chi connectivity index (χ3v) is 6.57. The second-order valence-electron chi connectivity index (χ2n) is 9.00. The van der Waals surface area contributed by atoms with Gasteiger partial charge in [-0.1, -0.05) is 13.8 Å². The zero-order valence-electron chi connectivity index (χ0n) is 22.4. The van der Waals surface area contributed by atoms with Crippen LogP contribution in [0.3, 0.4) is 0 Å². The maximum atomic E-state index is 13.9. The highest BCUT2D eigenvalue weighted by Crippen LogP contribution is 2.34. The lowest BCUT2D eigenvalue weighted by molar-refractivity contribution is -0.110. The van der Waals surface area contributed by atoms with Crippen molar-refractivity contribution in [2.75, 3.05) is 57.7 Å². The molecule has 0 saturated heterocycles. The highest BCUT2D eigenvalue weighted by molar-refractivity contribution is 6.35. The largest absolute Gasteiger partial charge is 0.448 e. The van der Waals surface area contributed by atoms with Gasteiger partial charge in [-0.3, -0.25) is 9.59 Å². The SMILES string of the molecule is CCN(CC)CCN(C(=O)OCCNCCN)C(=O)c1c(C)[nH]c(/C=C2\C(=O)Nc3ccc(F)cc32)c1C. The van der Waals surface area contributed by atoms with Crippen LogP contribution in [0.25, 0.3) is 11.6 Å². The summed E-state index contributed by atoms with van der Waals surface area (Å²) in [4.78, 5) is 45.7. The molecule has 0 radical (unpaired) electrons. The van der Waals surface area contributed by atoms with Gasteiger partial charge in [0.05, 0.1) is 11.1 Å². The molecule has 206 valence electrons. The van der Waals surface area contributed by atoms with E-state index in [1.165, 1.54) is 18.2 Å². The minimum absolute atomic E-state index is 0.0986. The van der Waals surface area contributed by atoms with Crippen molar-refractivity contribution in [1.82, 2.24) is 20.1 Å². The lowest BCUT2D eigenvalue weighted by atomic mass is 10.0.